The summed E-state index contributed by atoms with van der Waals surface area (Å²) in [7, 11) is 0. The number of imide groups is 1. The standard InChI is InChI=1S/C24H22ClN5O2S/c1-2-29-18-8-4-3-7-17(18)20-21(29)26-24(28-27-20)33-19-9-5-6-14-30(23(19)32)22(31)15-10-12-16(25)13-11-15/h3-4,7-8,10-13,19H,2,5-6,9,14H2,1H3. The number of aryl methyl sites for hydroxylation is 1. The number of halogens is 1. The van der Waals surface area contributed by atoms with Gasteiger partial charge in [0.15, 0.2) is 5.65 Å². The summed E-state index contributed by atoms with van der Waals surface area (Å²) in [6, 6.07) is 14.6. The van der Waals surface area contributed by atoms with Crippen molar-refractivity contribution in [2.45, 2.75) is 43.1 Å². The Morgan fingerprint density at radius 1 is 1.12 bits per heavy atom. The second-order valence-corrected chi connectivity index (χ2v) is 9.54. The fourth-order valence-corrected chi connectivity index (χ4v) is 5.37. The largest absolute Gasteiger partial charge is 0.324 e. The third-order valence-electron chi connectivity index (χ3n) is 5.89. The molecule has 0 bridgehead atoms. The summed E-state index contributed by atoms with van der Waals surface area (Å²) in [5, 5.41) is 10.3. The van der Waals surface area contributed by atoms with Crippen molar-refractivity contribution in [3.05, 3.63) is 59.1 Å². The van der Waals surface area contributed by atoms with Crippen LogP contribution in [0.1, 0.15) is 36.5 Å². The summed E-state index contributed by atoms with van der Waals surface area (Å²) < 4.78 is 2.11. The molecule has 1 aliphatic rings. The minimum Gasteiger partial charge on any atom is -0.324 e. The van der Waals surface area contributed by atoms with Gasteiger partial charge < -0.3 is 4.57 Å². The van der Waals surface area contributed by atoms with Gasteiger partial charge in [0.25, 0.3) is 5.91 Å². The molecule has 168 valence electrons. The van der Waals surface area contributed by atoms with E-state index in [2.05, 4.69) is 21.7 Å². The minimum atomic E-state index is -0.442. The molecule has 1 saturated heterocycles. The van der Waals surface area contributed by atoms with E-state index in [-0.39, 0.29) is 11.8 Å². The maximum absolute atomic E-state index is 13.3. The highest BCUT2D eigenvalue weighted by atomic mass is 35.5. The lowest BCUT2D eigenvalue weighted by Gasteiger charge is -2.22. The second kappa shape index (κ2) is 9.11. The molecule has 1 atom stereocenters. The van der Waals surface area contributed by atoms with Gasteiger partial charge in [0.2, 0.25) is 11.1 Å². The van der Waals surface area contributed by atoms with E-state index in [1.54, 1.807) is 24.3 Å². The number of aromatic nitrogens is 4. The van der Waals surface area contributed by atoms with Gasteiger partial charge in [-0.15, -0.1) is 10.2 Å². The van der Waals surface area contributed by atoms with E-state index in [4.69, 9.17) is 16.6 Å². The molecule has 4 aromatic rings. The summed E-state index contributed by atoms with van der Waals surface area (Å²) in [5.41, 5.74) is 3.02. The topological polar surface area (TPSA) is 81.0 Å². The van der Waals surface area contributed by atoms with E-state index in [1.807, 2.05) is 24.3 Å². The number of carbonyl (C=O) groups is 2. The van der Waals surface area contributed by atoms with Crippen molar-refractivity contribution in [1.29, 1.82) is 0 Å². The summed E-state index contributed by atoms with van der Waals surface area (Å²) >= 11 is 7.23. The van der Waals surface area contributed by atoms with Crippen molar-refractivity contribution in [3.63, 3.8) is 0 Å². The van der Waals surface area contributed by atoms with Crippen LogP contribution < -0.4 is 0 Å². The van der Waals surface area contributed by atoms with Crippen molar-refractivity contribution in [1.82, 2.24) is 24.6 Å². The normalized spacial score (nSPS) is 17.0. The predicted octanol–water partition coefficient (Wildman–Crippen LogP) is 4.97. The van der Waals surface area contributed by atoms with E-state index < -0.39 is 5.25 Å². The van der Waals surface area contributed by atoms with Gasteiger partial charge in [0, 0.05) is 29.1 Å². The van der Waals surface area contributed by atoms with Gasteiger partial charge in [0.1, 0.15) is 5.52 Å². The molecule has 0 radical (unpaired) electrons. The molecule has 9 heteroatoms. The summed E-state index contributed by atoms with van der Waals surface area (Å²) in [5.74, 6) is -0.512. The second-order valence-electron chi connectivity index (χ2n) is 7.93. The van der Waals surface area contributed by atoms with Crippen molar-refractivity contribution in [3.8, 4) is 0 Å². The Balaban J connectivity index is 1.44. The van der Waals surface area contributed by atoms with Crippen LogP contribution in [0.5, 0.6) is 0 Å². The van der Waals surface area contributed by atoms with Gasteiger partial charge in [-0.3, -0.25) is 14.5 Å². The molecule has 2 amide bonds. The Morgan fingerprint density at radius 2 is 1.91 bits per heavy atom. The average molecular weight is 480 g/mol. The van der Waals surface area contributed by atoms with Crippen molar-refractivity contribution >= 4 is 57.2 Å². The van der Waals surface area contributed by atoms with Gasteiger partial charge in [-0.1, -0.05) is 48.0 Å². The molecule has 0 N–H and O–H groups in total. The molecule has 2 aromatic heterocycles. The highest BCUT2D eigenvalue weighted by molar-refractivity contribution is 8.00. The Labute approximate surface area is 200 Å². The third kappa shape index (κ3) is 4.09. The van der Waals surface area contributed by atoms with Crippen molar-refractivity contribution < 1.29 is 9.59 Å². The molecule has 1 aliphatic heterocycles. The first kappa shape index (κ1) is 21.9. The predicted molar refractivity (Wildman–Crippen MR) is 129 cm³/mol. The van der Waals surface area contributed by atoms with Gasteiger partial charge in [-0.2, -0.15) is 0 Å². The number of carbonyl (C=O) groups excluding carboxylic acids is 2. The molecule has 0 spiro atoms. The fraction of sp³-hybridized carbons (Fsp3) is 0.292. The van der Waals surface area contributed by atoms with E-state index in [9.17, 15) is 9.59 Å². The monoisotopic (exact) mass is 479 g/mol. The fourth-order valence-electron chi connectivity index (χ4n) is 4.25. The van der Waals surface area contributed by atoms with E-state index in [0.717, 1.165) is 41.5 Å². The highest BCUT2D eigenvalue weighted by Gasteiger charge is 2.33. The molecule has 5 rings (SSSR count). The first-order chi connectivity index (χ1) is 16.1. The molecular weight excluding hydrogens is 458 g/mol. The van der Waals surface area contributed by atoms with Crippen molar-refractivity contribution in [2.75, 3.05) is 6.54 Å². The maximum atomic E-state index is 13.3. The lowest BCUT2D eigenvalue weighted by molar-refractivity contribution is -0.127. The molecule has 33 heavy (non-hydrogen) atoms. The van der Waals surface area contributed by atoms with E-state index in [1.165, 1.54) is 16.7 Å². The number of benzene rings is 2. The number of rotatable bonds is 4. The van der Waals surface area contributed by atoms with Crippen LogP contribution in [-0.4, -0.2) is 48.3 Å². The number of thioether (sulfide) groups is 1. The Bertz CT molecular complexity index is 1350. The smallest absolute Gasteiger partial charge is 0.260 e. The highest BCUT2D eigenvalue weighted by Crippen LogP contribution is 2.31. The van der Waals surface area contributed by atoms with Gasteiger partial charge in [-0.25, -0.2) is 4.98 Å². The number of fused-ring (bicyclic) bond motifs is 3. The van der Waals surface area contributed by atoms with Gasteiger partial charge in [-0.05, 0) is 50.1 Å². The van der Waals surface area contributed by atoms with E-state index in [0.29, 0.717) is 28.7 Å². The Hall–Kier alpha value is -2.97. The van der Waals surface area contributed by atoms with Crippen LogP contribution in [0.2, 0.25) is 5.02 Å². The maximum Gasteiger partial charge on any atom is 0.260 e. The summed E-state index contributed by atoms with van der Waals surface area (Å²) in [4.78, 5) is 32.5. The van der Waals surface area contributed by atoms with Crippen molar-refractivity contribution in [2.24, 2.45) is 0 Å². The Kier molecular flexibility index (Phi) is 6.03. The van der Waals surface area contributed by atoms with Gasteiger partial charge in [0.05, 0.1) is 10.8 Å². The van der Waals surface area contributed by atoms with E-state index >= 15 is 0 Å². The molecule has 2 aromatic carbocycles. The molecular formula is C24H22ClN5O2S. The van der Waals surface area contributed by atoms with Crippen LogP contribution in [0.25, 0.3) is 22.1 Å². The molecule has 3 heterocycles. The Morgan fingerprint density at radius 3 is 2.70 bits per heavy atom. The molecule has 1 unspecified atom stereocenters. The van der Waals surface area contributed by atoms with Crippen LogP contribution in [0, 0.1) is 0 Å². The number of amides is 2. The van der Waals surface area contributed by atoms with Crippen LogP contribution in [-0.2, 0) is 11.3 Å². The number of nitrogens with zero attached hydrogens (tertiary/aromatic N) is 5. The molecule has 0 aliphatic carbocycles. The first-order valence-corrected chi connectivity index (χ1v) is 12.2. The zero-order valence-electron chi connectivity index (χ0n) is 18.1. The first-order valence-electron chi connectivity index (χ1n) is 11.0. The lowest BCUT2D eigenvalue weighted by Crippen LogP contribution is -2.41. The number of para-hydroxylation sites is 1. The quantitative estimate of drug-likeness (QED) is 0.384. The lowest BCUT2D eigenvalue weighted by atomic mass is 10.2. The molecule has 1 fully saturated rings. The summed E-state index contributed by atoms with van der Waals surface area (Å²) in [6.45, 7) is 3.22. The van der Waals surface area contributed by atoms with Crippen LogP contribution in [0.15, 0.2) is 53.7 Å². The van der Waals surface area contributed by atoms with Crippen LogP contribution in [0.4, 0.5) is 0 Å². The zero-order valence-corrected chi connectivity index (χ0v) is 19.6. The third-order valence-corrected chi connectivity index (χ3v) is 7.25. The number of likely N-dealkylation sites (tertiary alicyclic amines) is 1. The van der Waals surface area contributed by atoms with Crippen LogP contribution in [0.3, 0.4) is 0 Å². The van der Waals surface area contributed by atoms with Gasteiger partial charge >= 0.3 is 0 Å². The SMILES string of the molecule is CCn1c2ccccc2c2nnc(SC3CCCCN(C(=O)c4ccc(Cl)cc4)C3=O)nc21. The minimum absolute atomic E-state index is 0.211. The average Bonchev–Trinajstić information content (AvgIpc) is 3.04. The molecule has 0 saturated carbocycles. The number of hydrogen-bond acceptors (Lipinski definition) is 6. The molecule has 7 nitrogen and oxygen atoms in total. The number of hydrogen-bond donors (Lipinski definition) is 0. The van der Waals surface area contributed by atoms with Crippen LogP contribution >= 0.6 is 23.4 Å². The summed E-state index contributed by atoms with van der Waals surface area (Å²) in [6.07, 6.45) is 2.27. The zero-order chi connectivity index (χ0) is 22.9.